The summed E-state index contributed by atoms with van der Waals surface area (Å²) in [4.78, 5) is 27.2. The summed E-state index contributed by atoms with van der Waals surface area (Å²) in [7, 11) is 0. The highest BCUT2D eigenvalue weighted by Crippen LogP contribution is 2.45. The lowest BCUT2D eigenvalue weighted by molar-refractivity contribution is 1.50. The molecule has 0 heterocycles. The third kappa shape index (κ3) is 2.08. The molecule has 162 valence electrons. The summed E-state index contributed by atoms with van der Waals surface area (Å²) >= 11 is 0. The highest BCUT2D eigenvalue weighted by Gasteiger charge is 2.21. The van der Waals surface area contributed by atoms with Gasteiger partial charge < -0.3 is 0 Å². The van der Waals surface area contributed by atoms with Crippen LogP contribution in [0.3, 0.4) is 0 Å². The van der Waals surface area contributed by atoms with Crippen molar-refractivity contribution in [1.82, 2.24) is 0 Å². The second-order valence-corrected chi connectivity index (χ2v) is 9.42. The smallest absolute Gasteiger partial charge is 0.194 e. The van der Waals surface area contributed by atoms with Crippen LogP contribution in [-0.2, 0) is 0 Å². The SMILES string of the molecule is N#Cc1ccc2c(c1)c(=O)c1ccc3cc4c5ccc(C#N)cc5c(=O)c5ccc6cc2c1c3c6c54. The normalized spacial score (nSPS) is 12.1. The Kier molecular flexibility index (Phi) is 3.29. The van der Waals surface area contributed by atoms with Crippen molar-refractivity contribution in [1.29, 1.82) is 10.5 Å². The first-order chi connectivity index (χ1) is 17.6. The highest BCUT2D eigenvalue weighted by atomic mass is 16.1. The van der Waals surface area contributed by atoms with Crippen molar-refractivity contribution in [3.05, 3.63) is 104 Å². The van der Waals surface area contributed by atoms with Gasteiger partial charge in [-0.15, -0.1) is 0 Å². The van der Waals surface area contributed by atoms with E-state index in [1.165, 1.54) is 0 Å². The molecule has 0 saturated carbocycles. The minimum absolute atomic E-state index is 0.0921. The van der Waals surface area contributed by atoms with Crippen molar-refractivity contribution in [3.63, 3.8) is 0 Å². The molecule has 8 aromatic rings. The van der Waals surface area contributed by atoms with Crippen LogP contribution in [0.5, 0.6) is 0 Å². The Labute approximate surface area is 202 Å². The summed E-state index contributed by atoms with van der Waals surface area (Å²) in [5.41, 5.74) is 0.730. The minimum Gasteiger partial charge on any atom is -0.289 e. The molecule has 0 saturated heterocycles. The molecule has 36 heavy (non-hydrogen) atoms. The molecule has 0 aliphatic carbocycles. The summed E-state index contributed by atoms with van der Waals surface area (Å²) < 4.78 is 0. The summed E-state index contributed by atoms with van der Waals surface area (Å²) in [5, 5.41) is 30.4. The Bertz CT molecular complexity index is 2300. The molecule has 0 aromatic heterocycles. The van der Waals surface area contributed by atoms with E-state index in [2.05, 4.69) is 24.3 Å². The summed E-state index contributed by atoms with van der Waals surface area (Å²) in [6, 6.07) is 26.7. The summed E-state index contributed by atoms with van der Waals surface area (Å²) in [6.07, 6.45) is 0. The molecule has 8 aromatic carbocycles. The van der Waals surface area contributed by atoms with Crippen LogP contribution in [0.15, 0.2) is 82.4 Å². The Balaban J connectivity index is 1.71. The van der Waals surface area contributed by atoms with Gasteiger partial charge in [0.2, 0.25) is 0 Å². The summed E-state index contributed by atoms with van der Waals surface area (Å²) in [5.74, 6) is 0. The fourth-order valence-corrected chi connectivity index (χ4v) is 6.20. The fraction of sp³-hybridized carbons (Fsp3) is 0. The van der Waals surface area contributed by atoms with Gasteiger partial charge in [-0.1, -0.05) is 24.3 Å². The Morgan fingerprint density at radius 1 is 0.417 bits per heavy atom. The molecule has 0 aliphatic heterocycles. The lowest BCUT2D eigenvalue weighted by Crippen LogP contribution is -2.06. The van der Waals surface area contributed by atoms with Crippen molar-refractivity contribution < 1.29 is 0 Å². The van der Waals surface area contributed by atoms with Crippen LogP contribution >= 0.6 is 0 Å². The fourth-order valence-electron chi connectivity index (χ4n) is 6.20. The molecule has 0 aliphatic rings. The molecule has 0 amide bonds. The molecule has 4 heteroatoms. The highest BCUT2D eigenvalue weighted by molar-refractivity contribution is 6.40. The zero-order valence-corrected chi connectivity index (χ0v) is 18.6. The van der Waals surface area contributed by atoms with Crippen LogP contribution in [0.2, 0.25) is 0 Å². The number of benzene rings is 8. The number of hydrogen-bond donors (Lipinski definition) is 0. The zero-order chi connectivity index (χ0) is 24.3. The van der Waals surface area contributed by atoms with Gasteiger partial charge in [0.15, 0.2) is 10.9 Å². The average Bonchev–Trinajstić information content (AvgIpc) is 2.93. The van der Waals surface area contributed by atoms with Crippen molar-refractivity contribution >= 4 is 75.4 Å². The Morgan fingerprint density at radius 3 is 1.25 bits per heavy atom. The van der Waals surface area contributed by atoms with E-state index >= 15 is 0 Å². The van der Waals surface area contributed by atoms with Crippen LogP contribution in [0.1, 0.15) is 11.1 Å². The topological polar surface area (TPSA) is 81.7 Å². The standard InChI is InChI=1S/C32H12N2O2/c33-13-15-1-5-19-23-11-17-3-8-22-30-24(20-6-2-16(14-34)10-26(20)32(22)36)12-18-4-7-21(31(35)25(19)9-15)29(23)27(18)28(17)30/h1-12H. The Hall–Kier alpha value is -5.32. The molecule has 0 bridgehead atoms. The van der Waals surface area contributed by atoms with Gasteiger partial charge >= 0.3 is 0 Å². The maximum atomic E-state index is 13.6. The van der Waals surface area contributed by atoms with Crippen molar-refractivity contribution in [2.24, 2.45) is 0 Å². The third-order valence-corrected chi connectivity index (χ3v) is 7.72. The van der Waals surface area contributed by atoms with E-state index in [0.29, 0.717) is 32.7 Å². The number of nitriles is 2. The van der Waals surface area contributed by atoms with E-state index in [0.717, 1.165) is 53.9 Å². The van der Waals surface area contributed by atoms with Crippen molar-refractivity contribution in [2.45, 2.75) is 0 Å². The molecule has 0 radical (unpaired) electrons. The monoisotopic (exact) mass is 456 g/mol. The molecule has 8 rings (SSSR count). The van der Waals surface area contributed by atoms with Crippen molar-refractivity contribution in [2.75, 3.05) is 0 Å². The first-order valence-electron chi connectivity index (χ1n) is 11.6. The van der Waals surface area contributed by atoms with E-state index in [1.807, 2.05) is 36.4 Å². The lowest BCUT2D eigenvalue weighted by Gasteiger charge is -2.18. The average molecular weight is 456 g/mol. The second kappa shape index (κ2) is 6.21. The van der Waals surface area contributed by atoms with Crippen LogP contribution in [0.4, 0.5) is 0 Å². The van der Waals surface area contributed by atoms with E-state index < -0.39 is 0 Å². The minimum atomic E-state index is -0.0921. The quantitative estimate of drug-likeness (QED) is 0.192. The number of hydrogen-bond acceptors (Lipinski definition) is 4. The molecular weight excluding hydrogens is 444 g/mol. The first kappa shape index (κ1) is 19.0. The van der Waals surface area contributed by atoms with E-state index in [4.69, 9.17) is 0 Å². The first-order valence-corrected chi connectivity index (χ1v) is 11.6. The number of fused-ring (bicyclic) bond motifs is 4. The predicted molar refractivity (Wildman–Crippen MR) is 145 cm³/mol. The molecule has 0 fully saturated rings. The van der Waals surface area contributed by atoms with E-state index in [1.54, 1.807) is 24.3 Å². The van der Waals surface area contributed by atoms with Crippen LogP contribution in [0.25, 0.3) is 75.4 Å². The lowest BCUT2D eigenvalue weighted by atomic mass is 9.83. The maximum absolute atomic E-state index is 13.6. The van der Waals surface area contributed by atoms with Gasteiger partial charge in [-0.2, -0.15) is 10.5 Å². The maximum Gasteiger partial charge on any atom is 0.194 e. The number of nitrogens with zero attached hydrogens (tertiary/aromatic N) is 2. The largest absolute Gasteiger partial charge is 0.289 e. The third-order valence-electron chi connectivity index (χ3n) is 7.72. The molecule has 4 nitrogen and oxygen atoms in total. The molecule has 0 atom stereocenters. The van der Waals surface area contributed by atoms with Crippen LogP contribution in [0, 0.1) is 22.7 Å². The molecule has 0 N–H and O–H groups in total. The van der Waals surface area contributed by atoms with Gasteiger partial charge in [-0.05, 0) is 91.6 Å². The Morgan fingerprint density at radius 2 is 0.833 bits per heavy atom. The molecular formula is C32H12N2O2. The van der Waals surface area contributed by atoms with Gasteiger partial charge in [0.1, 0.15) is 0 Å². The van der Waals surface area contributed by atoms with Gasteiger partial charge in [-0.25, -0.2) is 0 Å². The van der Waals surface area contributed by atoms with Crippen LogP contribution in [-0.4, -0.2) is 0 Å². The van der Waals surface area contributed by atoms with Gasteiger partial charge in [0, 0.05) is 32.3 Å². The van der Waals surface area contributed by atoms with Gasteiger partial charge in [-0.3, -0.25) is 9.59 Å². The molecule has 0 unspecified atom stereocenters. The second-order valence-electron chi connectivity index (χ2n) is 9.42. The zero-order valence-electron chi connectivity index (χ0n) is 18.6. The molecule has 0 spiro atoms. The van der Waals surface area contributed by atoms with Gasteiger partial charge in [0.05, 0.1) is 23.3 Å². The predicted octanol–water partition coefficient (Wildman–Crippen LogP) is 6.54. The van der Waals surface area contributed by atoms with E-state index in [9.17, 15) is 20.1 Å². The van der Waals surface area contributed by atoms with Crippen molar-refractivity contribution in [3.8, 4) is 12.1 Å². The number of rotatable bonds is 0. The summed E-state index contributed by atoms with van der Waals surface area (Å²) in [6.45, 7) is 0. The van der Waals surface area contributed by atoms with E-state index in [-0.39, 0.29) is 10.9 Å². The van der Waals surface area contributed by atoms with Gasteiger partial charge in [0.25, 0.3) is 0 Å². The van der Waals surface area contributed by atoms with Crippen LogP contribution < -0.4 is 10.9 Å².